The molecule has 0 saturated heterocycles. The summed E-state index contributed by atoms with van der Waals surface area (Å²) in [7, 11) is 4.42. The van der Waals surface area contributed by atoms with E-state index in [1.54, 1.807) is 16.8 Å². The summed E-state index contributed by atoms with van der Waals surface area (Å²) >= 11 is 2.23. The Morgan fingerprint density at radius 1 is 1.03 bits per heavy atom. The maximum absolute atomic E-state index is 12.5. The minimum absolute atomic E-state index is 0.155. The van der Waals surface area contributed by atoms with E-state index < -0.39 is 5.91 Å². The molecule has 0 atom stereocenters. The number of carbonyl (C=O) groups is 2. The van der Waals surface area contributed by atoms with E-state index in [4.69, 9.17) is 18.7 Å². The number of hydrogen-bond acceptors (Lipinski definition) is 9. The molecule has 0 aliphatic carbocycles. The monoisotopic (exact) mass is 584 g/mol. The fraction of sp³-hybridized carbons (Fsp3) is 0.381. The van der Waals surface area contributed by atoms with Crippen LogP contribution >= 0.6 is 22.6 Å². The van der Waals surface area contributed by atoms with Gasteiger partial charge in [0.1, 0.15) is 6.54 Å². The molecule has 3 aromatic rings. The maximum Gasteiger partial charge on any atom is 0.316 e. The summed E-state index contributed by atoms with van der Waals surface area (Å²) in [6.45, 7) is 4.48. The van der Waals surface area contributed by atoms with E-state index >= 15 is 0 Å². The molecule has 0 bridgehead atoms. The highest BCUT2D eigenvalue weighted by molar-refractivity contribution is 14.1. The average molecular weight is 584 g/mol. The van der Waals surface area contributed by atoms with Gasteiger partial charge in [-0.05, 0) is 48.6 Å². The van der Waals surface area contributed by atoms with Crippen molar-refractivity contribution in [3.05, 3.63) is 44.4 Å². The van der Waals surface area contributed by atoms with Crippen molar-refractivity contribution in [3.63, 3.8) is 0 Å². The smallest absolute Gasteiger partial charge is 0.316 e. The molecule has 13 heteroatoms. The number of benzene rings is 1. The van der Waals surface area contributed by atoms with Gasteiger partial charge in [-0.1, -0.05) is 5.16 Å². The summed E-state index contributed by atoms with van der Waals surface area (Å²) < 4.78 is 23.6. The zero-order valence-electron chi connectivity index (χ0n) is 19.4. The van der Waals surface area contributed by atoms with E-state index in [2.05, 4.69) is 48.5 Å². The molecule has 1 aromatic carbocycles. The summed E-state index contributed by atoms with van der Waals surface area (Å²) in [5, 5.41) is 13.6. The quantitative estimate of drug-likeness (QED) is 0.269. The Morgan fingerprint density at radius 2 is 1.65 bits per heavy atom. The molecule has 0 aliphatic rings. The number of aromatic nitrogens is 4. The summed E-state index contributed by atoms with van der Waals surface area (Å²) in [6, 6.07) is 3.08. The van der Waals surface area contributed by atoms with Gasteiger partial charge in [-0.25, -0.2) is 0 Å². The Bertz CT molecular complexity index is 1170. The van der Waals surface area contributed by atoms with Crippen LogP contribution in [0.4, 0.5) is 0 Å². The van der Waals surface area contributed by atoms with Crippen molar-refractivity contribution >= 4 is 34.4 Å². The highest BCUT2D eigenvalue weighted by Gasteiger charge is 2.18. The molecule has 2 heterocycles. The van der Waals surface area contributed by atoms with Crippen molar-refractivity contribution in [2.75, 3.05) is 34.4 Å². The van der Waals surface area contributed by atoms with Crippen molar-refractivity contribution in [2.24, 2.45) is 0 Å². The highest BCUT2D eigenvalue weighted by Crippen LogP contribution is 2.38. The third-order valence-electron chi connectivity index (χ3n) is 4.87. The first-order chi connectivity index (χ1) is 16.3. The number of nitrogens with zero attached hydrogens (tertiary/aromatic N) is 4. The first-order valence-electron chi connectivity index (χ1n) is 10.2. The van der Waals surface area contributed by atoms with Crippen LogP contribution in [0, 0.1) is 17.4 Å². The van der Waals surface area contributed by atoms with Gasteiger partial charge >= 0.3 is 11.8 Å². The molecule has 182 valence electrons. The van der Waals surface area contributed by atoms with Gasteiger partial charge in [-0.3, -0.25) is 14.3 Å². The lowest BCUT2D eigenvalue weighted by Gasteiger charge is -2.14. The number of aryl methyl sites for hydroxylation is 1. The standard InChI is InChI=1S/C21H25IN6O6/c1-11-17(22)12(2)28(26-11)10-16-25-21(34-27-16)20(30)24-7-6-23-19(29)13-8-14(31-3)18(33-5)15(9-13)32-4/h8-9H,6-7,10H2,1-5H3,(H,23,29)(H,24,30). The van der Waals surface area contributed by atoms with Crippen LogP contribution in [0.15, 0.2) is 16.7 Å². The Labute approximate surface area is 209 Å². The molecule has 34 heavy (non-hydrogen) atoms. The number of amides is 2. The first-order valence-corrected chi connectivity index (χ1v) is 11.2. The number of halogens is 1. The van der Waals surface area contributed by atoms with E-state index in [1.807, 2.05) is 13.8 Å². The summed E-state index contributed by atoms with van der Waals surface area (Å²) in [6.07, 6.45) is 0. The maximum atomic E-state index is 12.5. The fourth-order valence-corrected chi connectivity index (χ4v) is 3.50. The molecule has 12 nitrogen and oxygen atoms in total. The van der Waals surface area contributed by atoms with Gasteiger partial charge in [0.05, 0.1) is 30.6 Å². The third-order valence-corrected chi connectivity index (χ3v) is 6.43. The van der Waals surface area contributed by atoms with E-state index in [0.29, 0.717) is 28.6 Å². The second-order valence-corrected chi connectivity index (χ2v) is 8.16. The Morgan fingerprint density at radius 3 is 2.18 bits per heavy atom. The number of carbonyl (C=O) groups excluding carboxylic acids is 2. The van der Waals surface area contributed by atoms with Crippen LogP contribution in [0.3, 0.4) is 0 Å². The Hall–Kier alpha value is -3.36. The number of hydrogen-bond donors (Lipinski definition) is 2. The molecular weight excluding hydrogens is 559 g/mol. The molecule has 0 aliphatic heterocycles. The lowest BCUT2D eigenvalue weighted by Crippen LogP contribution is -2.34. The molecule has 2 N–H and O–H groups in total. The van der Waals surface area contributed by atoms with Gasteiger partial charge in [0.2, 0.25) is 5.75 Å². The summed E-state index contributed by atoms with van der Waals surface area (Å²) in [5.41, 5.74) is 2.21. The van der Waals surface area contributed by atoms with Crippen molar-refractivity contribution in [3.8, 4) is 17.2 Å². The minimum atomic E-state index is -0.538. The van der Waals surface area contributed by atoms with Crippen molar-refractivity contribution in [2.45, 2.75) is 20.4 Å². The fourth-order valence-electron chi connectivity index (χ4n) is 3.12. The number of rotatable bonds is 10. The second-order valence-electron chi connectivity index (χ2n) is 7.08. The van der Waals surface area contributed by atoms with Crippen LogP contribution < -0.4 is 24.8 Å². The zero-order valence-corrected chi connectivity index (χ0v) is 21.5. The molecule has 0 radical (unpaired) electrons. The minimum Gasteiger partial charge on any atom is -0.493 e. The van der Waals surface area contributed by atoms with Gasteiger partial charge in [0.25, 0.3) is 5.91 Å². The molecule has 2 amide bonds. The molecule has 0 fully saturated rings. The number of methoxy groups -OCH3 is 3. The van der Waals surface area contributed by atoms with Crippen LogP contribution in [-0.4, -0.2) is 66.2 Å². The molecular formula is C21H25IN6O6. The predicted molar refractivity (Wildman–Crippen MR) is 129 cm³/mol. The van der Waals surface area contributed by atoms with Crippen molar-refractivity contribution in [1.29, 1.82) is 0 Å². The Balaban J connectivity index is 1.52. The topological polar surface area (TPSA) is 143 Å². The van der Waals surface area contributed by atoms with Crippen LogP contribution in [0.2, 0.25) is 0 Å². The van der Waals surface area contributed by atoms with Crippen LogP contribution in [-0.2, 0) is 6.54 Å². The van der Waals surface area contributed by atoms with E-state index in [9.17, 15) is 9.59 Å². The van der Waals surface area contributed by atoms with E-state index in [1.165, 1.54) is 21.3 Å². The zero-order chi connectivity index (χ0) is 24.8. The second kappa shape index (κ2) is 11.2. The van der Waals surface area contributed by atoms with Gasteiger partial charge in [0.15, 0.2) is 17.3 Å². The van der Waals surface area contributed by atoms with Gasteiger partial charge in [0, 0.05) is 24.3 Å². The lowest BCUT2D eigenvalue weighted by molar-refractivity contribution is 0.0898. The molecule has 2 aromatic heterocycles. The average Bonchev–Trinajstić information content (AvgIpc) is 3.40. The van der Waals surface area contributed by atoms with Crippen molar-refractivity contribution in [1.82, 2.24) is 30.6 Å². The van der Waals surface area contributed by atoms with Gasteiger partial charge in [-0.2, -0.15) is 10.1 Å². The van der Waals surface area contributed by atoms with Crippen molar-refractivity contribution < 1.29 is 28.3 Å². The summed E-state index contributed by atoms with van der Waals surface area (Å²) in [5.74, 6) is 0.382. The van der Waals surface area contributed by atoms with Crippen LogP contribution in [0.5, 0.6) is 17.2 Å². The van der Waals surface area contributed by atoms with Crippen LogP contribution in [0.25, 0.3) is 0 Å². The summed E-state index contributed by atoms with van der Waals surface area (Å²) in [4.78, 5) is 28.9. The number of ether oxygens (including phenoxy) is 3. The van der Waals surface area contributed by atoms with E-state index in [-0.39, 0.29) is 31.4 Å². The highest BCUT2D eigenvalue weighted by atomic mass is 127. The molecule has 0 unspecified atom stereocenters. The Kier molecular flexibility index (Phi) is 8.31. The third kappa shape index (κ3) is 5.58. The largest absolute Gasteiger partial charge is 0.493 e. The van der Waals surface area contributed by atoms with Gasteiger partial charge < -0.3 is 29.4 Å². The predicted octanol–water partition coefficient (Wildman–Crippen LogP) is 1.72. The number of nitrogens with one attached hydrogen (secondary N) is 2. The van der Waals surface area contributed by atoms with E-state index in [0.717, 1.165) is 15.0 Å². The first kappa shape index (κ1) is 25.3. The molecule has 0 spiro atoms. The van der Waals surface area contributed by atoms with Gasteiger partial charge in [-0.15, -0.1) is 0 Å². The van der Waals surface area contributed by atoms with Crippen LogP contribution in [0.1, 0.15) is 38.3 Å². The molecule has 3 rings (SSSR count). The lowest BCUT2D eigenvalue weighted by atomic mass is 10.1. The SMILES string of the molecule is COc1cc(C(=O)NCCNC(=O)c2nc(Cn3nc(C)c(I)c3C)no2)cc(OC)c1OC. The normalized spacial score (nSPS) is 10.6. The molecule has 0 saturated carbocycles.